The van der Waals surface area contributed by atoms with Crippen molar-refractivity contribution in [1.82, 2.24) is 9.97 Å². The maximum absolute atomic E-state index is 12.5. The summed E-state index contributed by atoms with van der Waals surface area (Å²) in [5, 5.41) is 2.74. The second-order valence-corrected chi connectivity index (χ2v) is 7.08. The molecule has 1 N–H and O–H groups in total. The highest BCUT2D eigenvalue weighted by molar-refractivity contribution is 7.16. The Morgan fingerprint density at radius 1 is 1.18 bits per heavy atom. The Hall–Kier alpha value is -2.14. The predicted octanol–water partition coefficient (Wildman–Crippen LogP) is 3.96. The van der Waals surface area contributed by atoms with Gasteiger partial charge in [0.25, 0.3) is 5.56 Å². The van der Waals surface area contributed by atoms with Gasteiger partial charge in [0.15, 0.2) is 0 Å². The highest BCUT2D eigenvalue weighted by Gasteiger charge is 2.21. The molecule has 5 heteroatoms. The summed E-state index contributed by atoms with van der Waals surface area (Å²) in [5.41, 5.74) is 1.75. The van der Waals surface area contributed by atoms with E-state index in [-0.39, 0.29) is 11.0 Å². The number of fused-ring (bicyclic) bond motifs is 1. The Balaban J connectivity index is 2.16. The number of nitrogens with one attached hydrogen (secondary N) is 1. The van der Waals surface area contributed by atoms with Gasteiger partial charge in [-0.05, 0) is 40.6 Å². The zero-order valence-electron chi connectivity index (χ0n) is 13.1. The molecule has 0 aliphatic rings. The Kier molecular flexibility index (Phi) is 3.53. The molecular weight excluding hydrogens is 296 g/mol. The van der Waals surface area contributed by atoms with Gasteiger partial charge in [-0.25, -0.2) is 4.98 Å². The molecule has 0 radical (unpaired) electrons. The molecular formula is C17H18N2O2S. The van der Waals surface area contributed by atoms with Crippen LogP contribution in [0.4, 0.5) is 0 Å². The standard InChI is InChI=1S/C17H18N2O2S/c1-17(2,3)12-9-22-16-13(12)15(20)18-14(19-16)10-5-7-11(21-4)8-6-10/h5-9H,1-4H3,(H,18,19,20). The lowest BCUT2D eigenvalue weighted by molar-refractivity contribution is 0.415. The number of H-pyrrole nitrogens is 1. The molecule has 0 saturated carbocycles. The Labute approximate surface area is 132 Å². The van der Waals surface area contributed by atoms with Crippen molar-refractivity contribution in [2.75, 3.05) is 7.11 Å². The van der Waals surface area contributed by atoms with Crippen LogP contribution in [-0.4, -0.2) is 17.1 Å². The highest BCUT2D eigenvalue weighted by atomic mass is 32.1. The van der Waals surface area contributed by atoms with Gasteiger partial charge in [-0.3, -0.25) is 4.79 Å². The minimum absolute atomic E-state index is 0.0748. The van der Waals surface area contributed by atoms with E-state index < -0.39 is 0 Å². The first-order chi connectivity index (χ1) is 10.4. The van der Waals surface area contributed by atoms with E-state index in [2.05, 4.69) is 30.7 Å². The summed E-state index contributed by atoms with van der Waals surface area (Å²) in [7, 11) is 1.63. The molecule has 3 aromatic rings. The molecule has 22 heavy (non-hydrogen) atoms. The van der Waals surface area contributed by atoms with Crippen molar-refractivity contribution >= 4 is 21.6 Å². The number of hydrogen-bond acceptors (Lipinski definition) is 4. The number of aromatic amines is 1. The molecule has 0 saturated heterocycles. The molecule has 0 aliphatic carbocycles. The third-order valence-corrected chi connectivity index (χ3v) is 4.49. The van der Waals surface area contributed by atoms with E-state index in [0.717, 1.165) is 21.7 Å². The van der Waals surface area contributed by atoms with Crippen molar-refractivity contribution in [2.45, 2.75) is 26.2 Å². The van der Waals surface area contributed by atoms with Gasteiger partial charge in [0.2, 0.25) is 0 Å². The fraction of sp³-hybridized carbons (Fsp3) is 0.294. The molecule has 3 rings (SSSR count). The highest BCUT2D eigenvalue weighted by Crippen LogP contribution is 2.32. The number of methoxy groups -OCH3 is 1. The molecule has 4 nitrogen and oxygen atoms in total. The fourth-order valence-corrected chi connectivity index (χ4v) is 3.55. The second-order valence-electron chi connectivity index (χ2n) is 6.22. The van der Waals surface area contributed by atoms with Crippen LogP contribution in [0.15, 0.2) is 34.4 Å². The van der Waals surface area contributed by atoms with Crippen LogP contribution in [0.2, 0.25) is 0 Å². The predicted molar refractivity (Wildman–Crippen MR) is 90.9 cm³/mol. The number of thiophene rings is 1. The largest absolute Gasteiger partial charge is 0.497 e. The van der Waals surface area contributed by atoms with Crippen LogP contribution in [0.1, 0.15) is 26.3 Å². The van der Waals surface area contributed by atoms with Gasteiger partial charge in [-0.15, -0.1) is 11.3 Å². The van der Waals surface area contributed by atoms with E-state index in [4.69, 9.17) is 4.74 Å². The summed E-state index contributed by atoms with van der Waals surface area (Å²) in [6, 6.07) is 7.49. The van der Waals surface area contributed by atoms with Gasteiger partial charge in [0, 0.05) is 5.56 Å². The van der Waals surface area contributed by atoms with Gasteiger partial charge in [-0.1, -0.05) is 20.8 Å². The normalized spacial score (nSPS) is 11.8. The molecule has 2 heterocycles. The van der Waals surface area contributed by atoms with Crippen LogP contribution in [0.5, 0.6) is 5.75 Å². The number of rotatable bonds is 2. The van der Waals surface area contributed by atoms with Crippen LogP contribution in [0.3, 0.4) is 0 Å². The SMILES string of the molecule is COc1ccc(-c2nc3scc(C(C)(C)C)c3c(=O)[nH]2)cc1. The van der Waals surface area contributed by atoms with Crippen molar-refractivity contribution in [1.29, 1.82) is 0 Å². The first kappa shape index (κ1) is 14.8. The summed E-state index contributed by atoms with van der Waals surface area (Å²) < 4.78 is 5.15. The zero-order valence-corrected chi connectivity index (χ0v) is 13.9. The van der Waals surface area contributed by atoms with E-state index in [9.17, 15) is 4.79 Å². The fourth-order valence-electron chi connectivity index (χ4n) is 2.39. The number of nitrogens with zero attached hydrogens (tertiary/aromatic N) is 1. The Morgan fingerprint density at radius 3 is 2.45 bits per heavy atom. The first-order valence-electron chi connectivity index (χ1n) is 7.06. The summed E-state index contributed by atoms with van der Waals surface area (Å²) in [5.74, 6) is 1.36. The van der Waals surface area contributed by atoms with Gasteiger partial charge >= 0.3 is 0 Å². The van der Waals surface area contributed by atoms with Gasteiger partial charge < -0.3 is 9.72 Å². The van der Waals surface area contributed by atoms with Crippen LogP contribution >= 0.6 is 11.3 Å². The minimum Gasteiger partial charge on any atom is -0.497 e. The van der Waals surface area contributed by atoms with Crippen LogP contribution in [0.25, 0.3) is 21.6 Å². The molecule has 0 unspecified atom stereocenters. The number of ether oxygens (including phenoxy) is 1. The van der Waals surface area contributed by atoms with Crippen LogP contribution < -0.4 is 10.3 Å². The summed E-state index contributed by atoms with van der Waals surface area (Å²) >= 11 is 1.52. The molecule has 1 aromatic carbocycles. The molecule has 0 bridgehead atoms. The van der Waals surface area contributed by atoms with Crippen molar-refractivity contribution in [3.8, 4) is 17.1 Å². The lowest BCUT2D eigenvalue weighted by atomic mass is 9.87. The van der Waals surface area contributed by atoms with E-state index in [1.165, 1.54) is 11.3 Å². The summed E-state index contributed by atoms with van der Waals surface area (Å²) in [4.78, 5) is 20.8. The molecule has 0 amide bonds. The maximum atomic E-state index is 12.5. The average Bonchev–Trinajstić information content (AvgIpc) is 2.92. The van der Waals surface area contributed by atoms with Crippen LogP contribution in [-0.2, 0) is 5.41 Å². The Bertz CT molecular complexity index is 870. The van der Waals surface area contributed by atoms with E-state index >= 15 is 0 Å². The van der Waals surface area contributed by atoms with Crippen molar-refractivity contribution in [2.24, 2.45) is 0 Å². The van der Waals surface area contributed by atoms with Gasteiger partial charge in [0.05, 0.1) is 12.5 Å². The first-order valence-corrected chi connectivity index (χ1v) is 7.94. The van der Waals surface area contributed by atoms with Crippen molar-refractivity contribution in [3.05, 3.63) is 45.6 Å². The lowest BCUT2D eigenvalue weighted by Gasteiger charge is -2.16. The molecule has 2 aromatic heterocycles. The van der Waals surface area contributed by atoms with E-state index in [1.807, 2.05) is 29.6 Å². The summed E-state index contributed by atoms with van der Waals surface area (Å²) in [6.45, 7) is 6.31. The average molecular weight is 314 g/mol. The number of aromatic nitrogens is 2. The Morgan fingerprint density at radius 2 is 1.86 bits per heavy atom. The zero-order chi connectivity index (χ0) is 15.9. The topological polar surface area (TPSA) is 55.0 Å². The molecule has 0 atom stereocenters. The molecule has 0 aliphatic heterocycles. The van der Waals surface area contributed by atoms with E-state index in [1.54, 1.807) is 7.11 Å². The van der Waals surface area contributed by atoms with Crippen molar-refractivity contribution < 1.29 is 4.74 Å². The number of hydrogen-bond donors (Lipinski definition) is 1. The second kappa shape index (κ2) is 5.25. The van der Waals surface area contributed by atoms with E-state index in [0.29, 0.717) is 11.2 Å². The molecule has 0 fully saturated rings. The van der Waals surface area contributed by atoms with Gasteiger partial charge in [-0.2, -0.15) is 0 Å². The summed E-state index contributed by atoms with van der Waals surface area (Å²) in [6.07, 6.45) is 0. The van der Waals surface area contributed by atoms with Crippen LogP contribution in [0, 0.1) is 0 Å². The monoisotopic (exact) mass is 314 g/mol. The molecule has 114 valence electrons. The minimum atomic E-state index is -0.0815. The maximum Gasteiger partial charge on any atom is 0.260 e. The van der Waals surface area contributed by atoms with Crippen molar-refractivity contribution in [3.63, 3.8) is 0 Å². The third kappa shape index (κ3) is 2.52. The lowest BCUT2D eigenvalue weighted by Crippen LogP contribution is -2.16. The smallest absolute Gasteiger partial charge is 0.260 e. The molecule has 0 spiro atoms. The quantitative estimate of drug-likeness (QED) is 0.779. The third-order valence-electron chi connectivity index (χ3n) is 3.62. The number of benzene rings is 1. The van der Waals surface area contributed by atoms with Gasteiger partial charge in [0.1, 0.15) is 16.4 Å².